The summed E-state index contributed by atoms with van der Waals surface area (Å²) in [4.78, 5) is 11.3. The summed E-state index contributed by atoms with van der Waals surface area (Å²) in [5.41, 5.74) is -1.40. The van der Waals surface area contributed by atoms with E-state index in [9.17, 15) is 35.5 Å². The quantitative estimate of drug-likeness (QED) is 0.334. The van der Waals surface area contributed by atoms with Crippen LogP contribution in [0.5, 0.6) is 5.75 Å². The van der Waals surface area contributed by atoms with E-state index in [4.69, 9.17) is 0 Å². The third kappa shape index (κ3) is 3.92. The van der Waals surface area contributed by atoms with Crippen LogP contribution in [0.25, 0.3) is 0 Å². The lowest BCUT2D eigenvalue weighted by Gasteiger charge is -2.15. The number of hydrogen-bond acceptors (Lipinski definition) is 2. The van der Waals surface area contributed by atoms with Crippen LogP contribution in [-0.2, 0) is 6.42 Å². The molecule has 0 saturated carbocycles. The van der Waals surface area contributed by atoms with Gasteiger partial charge in [-0.05, 0) is 5.56 Å². The minimum absolute atomic E-state index is 0.0422. The predicted molar refractivity (Wildman–Crippen MR) is 72.3 cm³/mol. The largest absolute Gasteiger partial charge is 0.489 e. The molecule has 9 heteroatoms. The minimum Gasteiger partial charge on any atom is -0.489 e. The van der Waals surface area contributed by atoms with Crippen molar-refractivity contribution in [2.45, 2.75) is 12.6 Å². The molecule has 0 aromatic heterocycles. The van der Waals surface area contributed by atoms with Crippen molar-refractivity contribution in [2.24, 2.45) is 0 Å². The van der Waals surface area contributed by atoms with Crippen molar-refractivity contribution in [1.29, 1.82) is 0 Å². The molecule has 2 nitrogen and oxygen atoms in total. The van der Waals surface area contributed by atoms with Crippen molar-refractivity contribution in [2.75, 3.05) is 6.61 Å². The standard InChI is InChI=1S/C16H9F7O2/c17-10-9(15(24)16(21,22)23)14(13(20)12(19)11(10)18)25-7-6-8-4-2-1-3-5-8/h1-5H,6-7H2. The fraction of sp³-hybridized carbons (Fsp3) is 0.188. The number of halogens is 7. The van der Waals surface area contributed by atoms with Crippen molar-refractivity contribution in [3.63, 3.8) is 0 Å². The maximum atomic E-state index is 13.8. The van der Waals surface area contributed by atoms with Crippen LogP contribution in [0.3, 0.4) is 0 Å². The van der Waals surface area contributed by atoms with E-state index >= 15 is 0 Å². The Labute approximate surface area is 136 Å². The molecule has 0 aliphatic rings. The molecule has 0 amide bonds. The van der Waals surface area contributed by atoms with Gasteiger partial charge in [0.2, 0.25) is 11.6 Å². The van der Waals surface area contributed by atoms with Gasteiger partial charge in [0.1, 0.15) is 5.56 Å². The number of ketones is 1. The van der Waals surface area contributed by atoms with E-state index < -0.39 is 53.1 Å². The molecule has 0 unspecified atom stereocenters. The van der Waals surface area contributed by atoms with Crippen molar-refractivity contribution < 1.29 is 40.3 Å². The normalized spacial score (nSPS) is 11.5. The van der Waals surface area contributed by atoms with Crippen molar-refractivity contribution in [3.8, 4) is 5.75 Å². The smallest absolute Gasteiger partial charge is 0.455 e. The number of ether oxygens (including phenoxy) is 1. The summed E-state index contributed by atoms with van der Waals surface area (Å²) in [5, 5.41) is 0. The average Bonchev–Trinajstić information content (AvgIpc) is 2.57. The maximum Gasteiger partial charge on any atom is 0.455 e. The fourth-order valence-corrected chi connectivity index (χ4v) is 2.01. The number of carbonyl (C=O) groups is 1. The summed E-state index contributed by atoms with van der Waals surface area (Å²) in [6.45, 7) is -0.496. The van der Waals surface area contributed by atoms with Crippen LogP contribution in [-0.4, -0.2) is 18.6 Å². The van der Waals surface area contributed by atoms with Gasteiger partial charge in [-0.1, -0.05) is 30.3 Å². The highest BCUT2D eigenvalue weighted by Gasteiger charge is 2.45. The Hall–Kier alpha value is -2.58. The zero-order chi connectivity index (χ0) is 18.8. The highest BCUT2D eigenvalue weighted by Crippen LogP contribution is 2.35. The lowest BCUT2D eigenvalue weighted by molar-refractivity contribution is -0.0890. The molecule has 2 rings (SSSR count). The molecule has 25 heavy (non-hydrogen) atoms. The molecule has 0 aliphatic heterocycles. The van der Waals surface area contributed by atoms with Gasteiger partial charge in [-0.3, -0.25) is 4.79 Å². The van der Waals surface area contributed by atoms with E-state index in [0.717, 1.165) is 0 Å². The van der Waals surface area contributed by atoms with Crippen LogP contribution in [0, 0.1) is 23.3 Å². The third-order valence-corrected chi connectivity index (χ3v) is 3.19. The van der Waals surface area contributed by atoms with E-state index in [1.54, 1.807) is 30.3 Å². The lowest BCUT2D eigenvalue weighted by atomic mass is 10.1. The molecule has 2 aromatic rings. The molecule has 0 saturated heterocycles. The fourth-order valence-electron chi connectivity index (χ4n) is 2.01. The molecule has 134 valence electrons. The molecule has 0 spiro atoms. The van der Waals surface area contributed by atoms with Gasteiger partial charge >= 0.3 is 6.18 Å². The number of benzene rings is 2. The summed E-state index contributed by atoms with van der Waals surface area (Å²) in [7, 11) is 0. The van der Waals surface area contributed by atoms with Gasteiger partial charge in [0.05, 0.1) is 6.61 Å². The Morgan fingerprint density at radius 3 is 2.00 bits per heavy atom. The first-order chi connectivity index (χ1) is 11.6. The maximum absolute atomic E-state index is 13.8. The Morgan fingerprint density at radius 1 is 0.880 bits per heavy atom. The van der Waals surface area contributed by atoms with E-state index in [1.165, 1.54) is 0 Å². The molecule has 0 heterocycles. The summed E-state index contributed by atoms with van der Waals surface area (Å²) in [6, 6.07) is 8.22. The molecule has 0 atom stereocenters. The van der Waals surface area contributed by atoms with Crippen LogP contribution in [0.1, 0.15) is 15.9 Å². The Kier molecular flexibility index (Phi) is 5.34. The lowest BCUT2D eigenvalue weighted by Crippen LogP contribution is -2.26. The van der Waals surface area contributed by atoms with Crippen LogP contribution < -0.4 is 4.74 Å². The van der Waals surface area contributed by atoms with E-state index in [0.29, 0.717) is 5.56 Å². The van der Waals surface area contributed by atoms with Crippen LogP contribution in [0.2, 0.25) is 0 Å². The highest BCUT2D eigenvalue weighted by molar-refractivity contribution is 6.02. The van der Waals surface area contributed by atoms with E-state index in [-0.39, 0.29) is 6.42 Å². The first kappa shape index (κ1) is 18.8. The average molecular weight is 366 g/mol. The second-order valence-electron chi connectivity index (χ2n) is 4.87. The summed E-state index contributed by atoms with van der Waals surface area (Å²) < 4.78 is 96.2. The molecular weight excluding hydrogens is 357 g/mol. The summed E-state index contributed by atoms with van der Waals surface area (Å²) in [6.07, 6.45) is -5.59. The van der Waals surface area contributed by atoms with Crippen LogP contribution in [0.4, 0.5) is 30.7 Å². The van der Waals surface area contributed by atoms with Crippen molar-refractivity contribution >= 4 is 5.78 Å². The Bertz CT molecular complexity index is 786. The van der Waals surface area contributed by atoms with Crippen LogP contribution in [0.15, 0.2) is 30.3 Å². The number of rotatable bonds is 5. The first-order valence-electron chi connectivity index (χ1n) is 6.78. The van der Waals surface area contributed by atoms with E-state index in [1.807, 2.05) is 0 Å². The first-order valence-corrected chi connectivity index (χ1v) is 6.78. The van der Waals surface area contributed by atoms with Gasteiger partial charge in [-0.25, -0.2) is 13.2 Å². The van der Waals surface area contributed by atoms with Gasteiger partial charge in [0, 0.05) is 6.42 Å². The topological polar surface area (TPSA) is 26.3 Å². The predicted octanol–water partition coefficient (Wildman–Crippen LogP) is 4.61. The van der Waals surface area contributed by atoms with E-state index in [2.05, 4.69) is 4.74 Å². The minimum atomic E-state index is -5.63. The Balaban J connectivity index is 2.39. The number of hydrogen-bond donors (Lipinski definition) is 0. The van der Waals surface area contributed by atoms with Gasteiger partial charge in [-0.15, -0.1) is 0 Å². The molecular formula is C16H9F7O2. The third-order valence-electron chi connectivity index (χ3n) is 3.19. The molecule has 0 N–H and O–H groups in total. The SMILES string of the molecule is O=C(c1c(F)c(F)c(F)c(F)c1OCCc1ccccc1)C(F)(F)F. The van der Waals surface area contributed by atoms with Gasteiger partial charge in [0.25, 0.3) is 5.78 Å². The number of alkyl halides is 3. The second kappa shape index (κ2) is 7.12. The molecule has 2 aromatic carbocycles. The summed E-state index contributed by atoms with van der Waals surface area (Å²) in [5.74, 6) is -14.1. The monoisotopic (exact) mass is 366 g/mol. The highest BCUT2D eigenvalue weighted by atomic mass is 19.4. The Morgan fingerprint density at radius 2 is 1.44 bits per heavy atom. The summed E-state index contributed by atoms with van der Waals surface area (Å²) >= 11 is 0. The molecule has 0 radical (unpaired) electrons. The van der Waals surface area contributed by atoms with Crippen molar-refractivity contribution in [3.05, 3.63) is 64.7 Å². The number of Topliss-reactive ketones (excluding diaryl/α,β-unsaturated/α-hetero) is 1. The van der Waals surface area contributed by atoms with Gasteiger partial charge in [0.15, 0.2) is 17.4 Å². The zero-order valence-corrected chi connectivity index (χ0v) is 12.3. The molecule has 0 bridgehead atoms. The molecule has 0 aliphatic carbocycles. The van der Waals surface area contributed by atoms with Crippen LogP contribution >= 0.6 is 0 Å². The van der Waals surface area contributed by atoms with Gasteiger partial charge < -0.3 is 4.74 Å². The van der Waals surface area contributed by atoms with Gasteiger partial charge in [-0.2, -0.15) is 17.6 Å². The van der Waals surface area contributed by atoms with Crippen molar-refractivity contribution in [1.82, 2.24) is 0 Å². The second-order valence-corrected chi connectivity index (χ2v) is 4.87. The zero-order valence-electron chi connectivity index (χ0n) is 12.3. The number of carbonyl (C=O) groups excluding carboxylic acids is 1. The molecule has 0 fully saturated rings.